The van der Waals surface area contributed by atoms with Gasteiger partial charge in [0, 0.05) is 28.3 Å². The second-order valence-electron chi connectivity index (χ2n) is 8.04. The molecular formula is C24H24BrN7O3. The number of nitrogens with zero attached hydrogens (tertiary/aromatic N) is 4. The van der Waals surface area contributed by atoms with E-state index in [2.05, 4.69) is 37.8 Å². The fraction of sp³-hybridized carbons (Fsp3) is 0.208. The Kier molecular flexibility index (Phi) is 6.97. The number of hydrogen-bond acceptors (Lipinski definition) is 6. The van der Waals surface area contributed by atoms with Crippen LogP contribution in [0.3, 0.4) is 0 Å². The normalized spacial score (nSPS) is 15.5. The highest BCUT2D eigenvalue weighted by atomic mass is 79.9. The van der Waals surface area contributed by atoms with Crippen LogP contribution in [0.2, 0.25) is 0 Å². The van der Waals surface area contributed by atoms with E-state index in [1.165, 1.54) is 6.08 Å². The Bertz CT molecular complexity index is 1300. The predicted octanol–water partition coefficient (Wildman–Crippen LogP) is 3.01. The Morgan fingerprint density at radius 1 is 1.17 bits per heavy atom. The summed E-state index contributed by atoms with van der Waals surface area (Å²) in [5.74, 6) is 5.72. The number of imidazole rings is 1. The van der Waals surface area contributed by atoms with Crippen LogP contribution in [0.15, 0.2) is 59.7 Å². The Morgan fingerprint density at radius 3 is 2.57 bits per heavy atom. The van der Waals surface area contributed by atoms with Gasteiger partial charge in [-0.05, 0) is 49.6 Å². The zero-order valence-electron chi connectivity index (χ0n) is 18.8. The lowest BCUT2D eigenvalue weighted by Crippen LogP contribution is -2.39. The number of halogens is 1. The molecule has 11 heteroatoms. The standard InChI is InChI=1S/C24H24BrN7O3/c1-2-19(33)31-12-4-3-5-17(31)23-30-20(21(22(26)34)32(23)27)14-6-8-15(9-7-14)24(35)29-18-13-16(25)10-11-28-18/h2,6-11,13,17H,1,3-5,12,27H2,(H2,26,34)(H,28,29,35). The number of pyridine rings is 1. The van der Waals surface area contributed by atoms with Crippen LogP contribution in [-0.4, -0.2) is 43.8 Å². The van der Waals surface area contributed by atoms with E-state index < -0.39 is 11.9 Å². The molecule has 0 aliphatic carbocycles. The lowest BCUT2D eigenvalue weighted by molar-refractivity contribution is -0.129. The van der Waals surface area contributed by atoms with Gasteiger partial charge in [-0.1, -0.05) is 34.6 Å². The SMILES string of the molecule is C=CC(=O)N1CCCCC1c1nc(-c2ccc(C(=O)Nc3cc(Br)ccn3)cc2)c(C(N)=O)n1N. The molecule has 1 aromatic carbocycles. The topological polar surface area (TPSA) is 149 Å². The molecule has 1 aliphatic heterocycles. The molecule has 35 heavy (non-hydrogen) atoms. The van der Waals surface area contributed by atoms with Crippen molar-refractivity contribution in [3.63, 3.8) is 0 Å². The lowest BCUT2D eigenvalue weighted by atomic mass is 10.0. The number of likely N-dealkylation sites (tertiary alicyclic amines) is 1. The molecule has 0 saturated carbocycles. The molecular weight excluding hydrogens is 514 g/mol. The number of nitrogens with one attached hydrogen (secondary N) is 1. The van der Waals surface area contributed by atoms with Crippen LogP contribution in [0, 0.1) is 0 Å². The summed E-state index contributed by atoms with van der Waals surface area (Å²) in [7, 11) is 0. The minimum atomic E-state index is -0.749. The number of carbonyl (C=O) groups excluding carboxylic acids is 3. The first-order valence-corrected chi connectivity index (χ1v) is 11.7. The minimum Gasteiger partial charge on any atom is -0.364 e. The Balaban J connectivity index is 1.65. The van der Waals surface area contributed by atoms with Crippen molar-refractivity contribution in [1.29, 1.82) is 0 Å². The van der Waals surface area contributed by atoms with E-state index in [0.29, 0.717) is 35.7 Å². The number of benzene rings is 1. The summed E-state index contributed by atoms with van der Waals surface area (Å²) in [4.78, 5) is 47.7. The maximum absolute atomic E-state index is 12.6. The van der Waals surface area contributed by atoms with Crippen molar-refractivity contribution in [2.75, 3.05) is 17.7 Å². The Hall–Kier alpha value is -3.99. The zero-order valence-corrected chi connectivity index (χ0v) is 20.4. The molecule has 0 radical (unpaired) electrons. The van der Waals surface area contributed by atoms with Crippen LogP contribution in [-0.2, 0) is 4.79 Å². The summed E-state index contributed by atoms with van der Waals surface area (Å²) < 4.78 is 1.95. The van der Waals surface area contributed by atoms with Crippen LogP contribution >= 0.6 is 15.9 Å². The highest BCUT2D eigenvalue weighted by Crippen LogP contribution is 2.33. The Morgan fingerprint density at radius 2 is 1.91 bits per heavy atom. The zero-order chi connectivity index (χ0) is 25.1. The van der Waals surface area contributed by atoms with Gasteiger partial charge in [0.25, 0.3) is 11.8 Å². The van der Waals surface area contributed by atoms with Gasteiger partial charge in [0.1, 0.15) is 11.5 Å². The molecule has 0 bridgehead atoms. The summed E-state index contributed by atoms with van der Waals surface area (Å²) in [6.07, 6.45) is 5.22. The van der Waals surface area contributed by atoms with Gasteiger partial charge in [-0.3, -0.25) is 14.4 Å². The van der Waals surface area contributed by atoms with Crippen molar-refractivity contribution in [1.82, 2.24) is 19.5 Å². The molecule has 4 rings (SSSR count). The molecule has 0 spiro atoms. The largest absolute Gasteiger partial charge is 0.364 e. The maximum atomic E-state index is 12.6. The van der Waals surface area contributed by atoms with Crippen LogP contribution in [0.1, 0.15) is 52.0 Å². The number of anilines is 1. The third-order valence-corrected chi connectivity index (χ3v) is 6.31. The molecule has 3 heterocycles. The van der Waals surface area contributed by atoms with Gasteiger partial charge in [0.15, 0.2) is 11.5 Å². The summed E-state index contributed by atoms with van der Waals surface area (Å²) >= 11 is 3.34. The summed E-state index contributed by atoms with van der Waals surface area (Å²) in [5, 5.41) is 2.73. The number of amides is 3. The van der Waals surface area contributed by atoms with Crippen molar-refractivity contribution in [2.24, 2.45) is 5.73 Å². The van der Waals surface area contributed by atoms with Crippen molar-refractivity contribution in [3.8, 4) is 11.3 Å². The smallest absolute Gasteiger partial charge is 0.269 e. The van der Waals surface area contributed by atoms with E-state index in [1.54, 1.807) is 47.5 Å². The van der Waals surface area contributed by atoms with Crippen LogP contribution < -0.4 is 16.9 Å². The highest BCUT2D eigenvalue weighted by molar-refractivity contribution is 9.10. The predicted molar refractivity (Wildman–Crippen MR) is 135 cm³/mol. The number of aromatic nitrogens is 3. The van der Waals surface area contributed by atoms with Crippen LogP contribution in [0.4, 0.5) is 5.82 Å². The van der Waals surface area contributed by atoms with Crippen molar-refractivity contribution < 1.29 is 14.4 Å². The average Bonchev–Trinajstić information content (AvgIpc) is 3.20. The molecule has 1 saturated heterocycles. The molecule has 5 N–H and O–H groups in total. The molecule has 3 aromatic rings. The van der Waals surface area contributed by atoms with Gasteiger partial charge in [-0.25, -0.2) is 14.6 Å². The fourth-order valence-corrected chi connectivity index (χ4v) is 4.48. The molecule has 180 valence electrons. The summed E-state index contributed by atoms with van der Waals surface area (Å²) in [6, 6.07) is 9.57. The number of hydrogen-bond donors (Lipinski definition) is 3. The highest BCUT2D eigenvalue weighted by Gasteiger charge is 2.33. The number of rotatable bonds is 6. The van der Waals surface area contributed by atoms with Crippen LogP contribution in [0.5, 0.6) is 0 Å². The second-order valence-corrected chi connectivity index (χ2v) is 8.96. The summed E-state index contributed by atoms with van der Waals surface area (Å²) in [6.45, 7) is 4.12. The molecule has 1 unspecified atom stereocenters. The molecule has 2 aromatic heterocycles. The van der Waals surface area contributed by atoms with Crippen molar-refractivity contribution >= 4 is 39.5 Å². The summed E-state index contributed by atoms with van der Waals surface area (Å²) in [5.41, 5.74) is 6.89. The third-order valence-electron chi connectivity index (χ3n) is 5.81. The van der Waals surface area contributed by atoms with E-state index in [-0.39, 0.29) is 23.2 Å². The molecule has 1 fully saturated rings. The van der Waals surface area contributed by atoms with Gasteiger partial charge >= 0.3 is 0 Å². The van der Waals surface area contributed by atoms with E-state index >= 15 is 0 Å². The molecule has 10 nitrogen and oxygen atoms in total. The monoisotopic (exact) mass is 537 g/mol. The first-order valence-electron chi connectivity index (χ1n) is 10.9. The number of nitrogen functional groups attached to an aromatic ring is 1. The fourth-order valence-electron chi connectivity index (χ4n) is 4.14. The van der Waals surface area contributed by atoms with Crippen molar-refractivity contribution in [3.05, 3.63) is 76.8 Å². The maximum Gasteiger partial charge on any atom is 0.269 e. The van der Waals surface area contributed by atoms with Crippen LogP contribution in [0.25, 0.3) is 11.3 Å². The second kappa shape index (κ2) is 10.1. The first kappa shape index (κ1) is 24.1. The Labute approximate surface area is 210 Å². The average molecular weight is 538 g/mol. The van der Waals surface area contributed by atoms with Crippen molar-refractivity contribution in [2.45, 2.75) is 25.3 Å². The number of piperidine rings is 1. The van der Waals surface area contributed by atoms with Gasteiger partial charge in [0.2, 0.25) is 5.91 Å². The molecule has 1 atom stereocenters. The first-order chi connectivity index (χ1) is 16.8. The van der Waals surface area contributed by atoms with E-state index in [9.17, 15) is 14.4 Å². The van der Waals surface area contributed by atoms with Gasteiger partial charge in [0.05, 0.1) is 6.04 Å². The number of primary amides is 1. The van der Waals surface area contributed by atoms with Gasteiger partial charge in [-0.2, -0.15) is 0 Å². The van der Waals surface area contributed by atoms with E-state index in [1.807, 2.05) is 0 Å². The lowest BCUT2D eigenvalue weighted by Gasteiger charge is -2.34. The van der Waals surface area contributed by atoms with Gasteiger partial charge < -0.3 is 21.8 Å². The molecule has 1 aliphatic rings. The quantitative estimate of drug-likeness (QED) is 0.325. The number of carbonyl (C=O) groups is 3. The number of nitrogens with two attached hydrogens (primary N) is 2. The molecule has 3 amide bonds. The third kappa shape index (κ3) is 4.94. The minimum absolute atomic E-state index is 0.0205. The van der Waals surface area contributed by atoms with Gasteiger partial charge in [-0.15, -0.1) is 0 Å². The van der Waals surface area contributed by atoms with E-state index in [0.717, 1.165) is 22.0 Å². The van der Waals surface area contributed by atoms with E-state index in [4.69, 9.17) is 11.6 Å².